The molecule has 1 aromatic rings. The quantitative estimate of drug-likeness (QED) is 0.615. The molecule has 90 valence electrons. The van der Waals surface area contributed by atoms with Crippen molar-refractivity contribution in [3.05, 3.63) is 23.3 Å². The Morgan fingerprint density at radius 2 is 2.00 bits per heavy atom. The van der Waals surface area contributed by atoms with Gasteiger partial charge in [0.25, 0.3) is 0 Å². The number of hydrogen-bond acceptors (Lipinski definition) is 5. The molecule has 0 aliphatic heterocycles. The molecule has 0 fully saturated rings. The Labute approximate surface area is 97.5 Å². The van der Waals surface area contributed by atoms with Gasteiger partial charge in [-0.25, -0.2) is 14.6 Å². The Hall–Kier alpha value is -2.33. The van der Waals surface area contributed by atoms with Gasteiger partial charge in [0.15, 0.2) is 0 Å². The van der Waals surface area contributed by atoms with Crippen LogP contribution in [0.3, 0.4) is 0 Å². The number of aliphatic imine (C=N–C) groups is 1. The minimum Gasteiger partial charge on any atom is -0.496 e. The van der Waals surface area contributed by atoms with Crippen molar-refractivity contribution in [3.63, 3.8) is 0 Å². The lowest BCUT2D eigenvalue weighted by Gasteiger charge is -2.11. The number of aromatic carboxylic acids is 1. The van der Waals surface area contributed by atoms with Gasteiger partial charge in [0, 0.05) is 11.6 Å². The molecule has 6 heteroatoms. The Kier molecular flexibility index (Phi) is 4.25. The molecule has 6 nitrogen and oxygen atoms in total. The summed E-state index contributed by atoms with van der Waals surface area (Å²) in [7, 11) is 2.80. The van der Waals surface area contributed by atoms with Gasteiger partial charge < -0.3 is 14.6 Å². The number of methoxy groups -OCH3 is 2. The first-order chi connectivity index (χ1) is 8.13. The molecular weight excluding hydrogens is 226 g/mol. The molecule has 0 saturated heterocycles. The molecule has 0 radical (unpaired) electrons. The topological polar surface area (TPSA) is 85.2 Å². The normalized spacial score (nSPS) is 9.29. The summed E-state index contributed by atoms with van der Waals surface area (Å²) in [6, 6.07) is 2.81. The van der Waals surface area contributed by atoms with Crippen LogP contribution >= 0.6 is 0 Å². The summed E-state index contributed by atoms with van der Waals surface area (Å²) in [6.45, 7) is 0.0109. The number of benzene rings is 1. The van der Waals surface area contributed by atoms with Gasteiger partial charge in [-0.2, -0.15) is 0 Å². The van der Waals surface area contributed by atoms with Gasteiger partial charge >= 0.3 is 5.97 Å². The second kappa shape index (κ2) is 5.67. The molecule has 0 spiro atoms. The standard InChI is InChI=1S/C11H11NO5/c1-16-9-4-10(17-2)8(11(14)15)3-7(9)5-12-6-13/h3-4H,5H2,1-2H3,(H,14,15). The third-order valence-electron chi connectivity index (χ3n) is 2.15. The van der Waals surface area contributed by atoms with Crippen LogP contribution in [0.2, 0.25) is 0 Å². The molecule has 0 bridgehead atoms. The molecule has 17 heavy (non-hydrogen) atoms. The van der Waals surface area contributed by atoms with E-state index in [4.69, 9.17) is 14.6 Å². The van der Waals surface area contributed by atoms with Crippen LogP contribution in [-0.2, 0) is 11.3 Å². The zero-order valence-corrected chi connectivity index (χ0v) is 9.39. The first kappa shape index (κ1) is 12.7. The molecule has 0 heterocycles. The van der Waals surface area contributed by atoms with Gasteiger partial charge in [-0.05, 0) is 6.07 Å². The number of rotatable bonds is 5. The van der Waals surface area contributed by atoms with Crippen LogP contribution in [0.4, 0.5) is 0 Å². The van der Waals surface area contributed by atoms with E-state index >= 15 is 0 Å². The van der Waals surface area contributed by atoms with Crippen LogP contribution in [0.15, 0.2) is 17.1 Å². The van der Waals surface area contributed by atoms with Crippen molar-refractivity contribution in [3.8, 4) is 11.5 Å². The zero-order valence-electron chi connectivity index (χ0n) is 9.39. The number of carbonyl (C=O) groups excluding carboxylic acids is 1. The Bertz CT molecular complexity index is 477. The van der Waals surface area contributed by atoms with Gasteiger partial charge in [-0.1, -0.05) is 0 Å². The van der Waals surface area contributed by atoms with E-state index in [1.54, 1.807) is 0 Å². The molecule has 0 amide bonds. The third-order valence-corrected chi connectivity index (χ3v) is 2.15. The molecule has 0 unspecified atom stereocenters. The fourth-order valence-electron chi connectivity index (χ4n) is 1.37. The number of hydrogen-bond donors (Lipinski definition) is 1. The fraction of sp³-hybridized carbons (Fsp3) is 0.273. The highest BCUT2D eigenvalue weighted by molar-refractivity contribution is 5.91. The van der Waals surface area contributed by atoms with Gasteiger partial charge in [-0.3, -0.25) is 0 Å². The highest BCUT2D eigenvalue weighted by atomic mass is 16.5. The second-order valence-electron chi connectivity index (χ2n) is 3.08. The lowest BCUT2D eigenvalue weighted by Crippen LogP contribution is -2.03. The molecule has 0 saturated carbocycles. The summed E-state index contributed by atoms with van der Waals surface area (Å²) >= 11 is 0. The SMILES string of the molecule is COc1cc(OC)c(C(=O)O)cc1CN=C=O. The highest BCUT2D eigenvalue weighted by Crippen LogP contribution is 2.29. The van der Waals surface area contributed by atoms with Crippen molar-refractivity contribution in [1.29, 1.82) is 0 Å². The van der Waals surface area contributed by atoms with Crippen LogP contribution in [0, 0.1) is 0 Å². The molecule has 0 aliphatic rings. The number of carbonyl (C=O) groups is 1. The number of carboxylic acid groups (broad SMARTS) is 1. The first-order valence-electron chi connectivity index (χ1n) is 4.65. The van der Waals surface area contributed by atoms with E-state index in [0.29, 0.717) is 11.3 Å². The van der Waals surface area contributed by atoms with E-state index in [1.165, 1.54) is 32.4 Å². The van der Waals surface area contributed by atoms with E-state index < -0.39 is 5.97 Å². The zero-order chi connectivity index (χ0) is 12.8. The smallest absolute Gasteiger partial charge is 0.339 e. The fourth-order valence-corrected chi connectivity index (χ4v) is 1.37. The number of nitrogens with zero attached hydrogens (tertiary/aromatic N) is 1. The first-order valence-corrected chi connectivity index (χ1v) is 4.65. The summed E-state index contributed by atoms with van der Waals surface area (Å²) in [6.07, 6.45) is 1.39. The van der Waals surface area contributed by atoms with Crippen molar-refractivity contribution in [2.75, 3.05) is 14.2 Å². The monoisotopic (exact) mass is 237 g/mol. The predicted molar refractivity (Wildman–Crippen MR) is 58.3 cm³/mol. The molecule has 0 aromatic heterocycles. The largest absolute Gasteiger partial charge is 0.496 e. The Balaban J connectivity index is 3.32. The van der Waals surface area contributed by atoms with E-state index in [1.807, 2.05) is 0 Å². The van der Waals surface area contributed by atoms with E-state index in [0.717, 1.165) is 0 Å². The number of ether oxygens (including phenoxy) is 2. The van der Waals surface area contributed by atoms with Crippen LogP contribution in [0.25, 0.3) is 0 Å². The van der Waals surface area contributed by atoms with Gasteiger partial charge in [-0.15, -0.1) is 0 Å². The predicted octanol–water partition coefficient (Wildman–Crippen LogP) is 1.24. The Morgan fingerprint density at radius 3 is 2.47 bits per heavy atom. The summed E-state index contributed by atoms with van der Waals surface area (Å²) in [4.78, 5) is 24.4. The van der Waals surface area contributed by atoms with Crippen molar-refractivity contribution in [2.24, 2.45) is 4.99 Å². The molecular formula is C11H11NO5. The minimum atomic E-state index is -1.12. The van der Waals surface area contributed by atoms with Crippen molar-refractivity contribution >= 4 is 12.0 Å². The van der Waals surface area contributed by atoms with E-state index in [2.05, 4.69) is 4.99 Å². The lowest BCUT2D eigenvalue weighted by atomic mass is 10.1. The molecule has 1 rings (SSSR count). The van der Waals surface area contributed by atoms with E-state index in [9.17, 15) is 9.59 Å². The van der Waals surface area contributed by atoms with Gasteiger partial charge in [0.05, 0.1) is 20.8 Å². The van der Waals surface area contributed by atoms with Crippen LogP contribution in [-0.4, -0.2) is 31.4 Å². The van der Waals surface area contributed by atoms with Gasteiger partial charge in [0.1, 0.15) is 17.1 Å². The minimum absolute atomic E-state index is 0.00982. The lowest BCUT2D eigenvalue weighted by molar-refractivity contribution is 0.0693. The molecule has 0 aliphatic carbocycles. The van der Waals surface area contributed by atoms with Crippen molar-refractivity contribution in [1.82, 2.24) is 0 Å². The maximum absolute atomic E-state index is 11.0. The average Bonchev–Trinajstić information content (AvgIpc) is 2.34. The van der Waals surface area contributed by atoms with Crippen molar-refractivity contribution < 1.29 is 24.2 Å². The summed E-state index contributed by atoms with van der Waals surface area (Å²) in [5.41, 5.74) is 0.471. The number of carboxylic acids is 1. The highest BCUT2D eigenvalue weighted by Gasteiger charge is 2.15. The summed E-state index contributed by atoms with van der Waals surface area (Å²) < 4.78 is 10.00. The maximum Gasteiger partial charge on any atom is 0.339 e. The van der Waals surface area contributed by atoms with E-state index in [-0.39, 0.29) is 17.9 Å². The maximum atomic E-state index is 11.0. The van der Waals surface area contributed by atoms with Crippen LogP contribution < -0.4 is 9.47 Å². The van der Waals surface area contributed by atoms with Crippen molar-refractivity contribution in [2.45, 2.75) is 6.54 Å². The Morgan fingerprint density at radius 1 is 1.35 bits per heavy atom. The van der Waals surface area contributed by atoms with Crippen LogP contribution in [0.5, 0.6) is 11.5 Å². The second-order valence-corrected chi connectivity index (χ2v) is 3.08. The average molecular weight is 237 g/mol. The molecule has 1 N–H and O–H groups in total. The van der Waals surface area contributed by atoms with Gasteiger partial charge in [0.2, 0.25) is 6.08 Å². The third kappa shape index (κ3) is 2.83. The molecule has 0 atom stereocenters. The molecule has 1 aromatic carbocycles. The number of isocyanates is 1. The summed E-state index contributed by atoms with van der Waals surface area (Å²) in [5, 5.41) is 8.98. The summed E-state index contributed by atoms with van der Waals surface area (Å²) in [5.74, 6) is -0.528. The van der Waals surface area contributed by atoms with Crippen LogP contribution in [0.1, 0.15) is 15.9 Å².